The molecule has 4 nitrogen and oxygen atoms in total. The van der Waals surface area contributed by atoms with E-state index in [4.69, 9.17) is 18.0 Å². The van der Waals surface area contributed by atoms with Crippen LogP contribution in [-0.4, -0.2) is 28.0 Å². The minimum atomic E-state index is 0.309. The zero-order valence-corrected chi connectivity index (χ0v) is 10.8. The number of thiocarbonyl (C=S) groups is 1. The van der Waals surface area contributed by atoms with Crippen LogP contribution < -0.4 is 10.6 Å². The number of aromatic nitrogens is 2. The lowest BCUT2D eigenvalue weighted by Gasteiger charge is -2.22. The Morgan fingerprint density at radius 1 is 1.56 bits per heavy atom. The van der Waals surface area contributed by atoms with E-state index in [1.54, 1.807) is 12.3 Å². The molecule has 1 aromatic rings. The van der Waals surface area contributed by atoms with Gasteiger partial charge in [-0.15, -0.1) is 0 Å². The SMILES string of the molecule is CCN(CC(C)C)c1nccc(C(N)=S)n1. The summed E-state index contributed by atoms with van der Waals surface area (Å²) in [7, 11) is 0. The van der Waals surface area contributed by atoms with Gasteiger partial charge in [0, 0.05) is 19.3 Å². The molecule has 0 amide bonds. The third-order valence-corrected chi connectivity index (χ3v) is 2.35. The molecule has 0 atom stereocenters. The average molecular weight is 238 g/mol. The maximum Gasteiger partial charge on any atom is 0.225 e. The highest BCUT2D eigenvalue weighted by Crippen LogP contribution is 2.09. The van der Waals surface area contributed by atoms with E-state index >= 15 is 0 Å². The number of nitrogens with two attached hydrogens (primary N) is 1. The van der Waals surface area contributed by atoms with Gasteiger partial charge in [-0.25, -0.2) is 9.97 Å². The number of hydrogen-bond donors (Lipinski definition) is 1. The first-order valence-corrected chi connectivity index (χ1v) is 5.83. The van der Waals surface area contributed by atoms with Crippen molar-refractivity contribution < 1.29 is 0 Å². The number of rotatable bonds is 5. The molecule has 0 unspecified atom stereocenters. The second kappa shape index (κ2) is 5.75. The second-order valence-corrected chi connectivity index (χ2v) is 4.48. The lowest BCUT2D eigenvalue weighted by Crippen LogP contribution is -2.29. The number of anilines is 1. The van der Waals surface area contributed by atoms with Crippen molar-refractivity contribution in [3.05, 3.63) is 18.0 Å². The standard InChI is InChI=1S/C11H18N4S/c1-4-15(7-8(2)3)11-13-6-5-9(14-11)10(12)16/h5-6,8H,4,7H2,1-3H3,(H2,12,16). The van der Waals surface area contributed by atoms with Crippen LogP contribution in [0.25, 0.3) is 0 Å². The van der Waals surface area contributed by atoms with Gasteiger partial charge in [-0.3, -0.25) is 0 Å². The van der Waals surface area contributed by atoms with Gasteiger partial charge in [-0.2, -0.15) is 0 Å². The van der Waals surface area contributed by atoms with Crippen molar-refractivity contribution in [2.75, 3.05) is 18.0 Å². The molecule has 88 valence electrons. The Bertz CT molecular complexity index is 365. The molecule has 5 heteroatoms. The van der Waals surface area contributed by atoms with E-state index in [0.29, 0.717) is 22.5 Å². The topological polar surface area (TPSA) is 55.0 Å². The van der Waals surface area contributed by atoms with Crippen LogP contribution in [-0.2, 0) is 0 Å². The number of nitrogens with zero attached hydrogens (tertiary/aromatic N) is 3. The zero-order valence-electron chi connectivity index (χ0n) is 9.97. The van der Waals surface area contributed by atoms with Gasteiger partial charge in [0.05, 0.1) is 0 Å². The fourth-order valence-corrected chi connectivity index (χ4v) is 1.54. The molecule has 1 heterocycles. The van der Waals surface area contributed by atoms with E-state index in [9.17, 15) is 0 Å². The van der Waals surface area contributed by atoms with Crippen LogP contribution in [0.1, 0.15) is 26.5 Å². The van der Waals surface area contributed by atoms with Crippen LogP contribution in [0.5, 0.6) is 0 Å². The van der Waals surface area contributed by atoms with Gasteiger partial charge in [0.15, 0.2) is 0 Å². The maximum atomic E-state index is 5.55. The van der Waals surface area contributed by atoms with E-state index in [1.807, 2.05) is 0 Å². The minimum Gasteiger partial charge on any atom is -0.388 e. The highest BCUT2D eigenvalue weighted by molar-refractivity contribution is 7.80. The first-order chi connectivity index (χ1) is 7.54. The Morgan fingerprint density at radius 3 is 2.75 bits per heavy atom. The quantitative estimate of drug-likeness (QED) is 0.790. The van der Waals surface area contributed by atoms with Crippen molar-refractivity contribution in [3.63, 3.8) is 0 Å². The fourth-order valence-electron chi connectivity index (χ4n) is 1.43. The maximum absolute atomic E-state index is 5.55. The fraction of sp³-hybridized carbons (Fsp3) is 0.545. The summed E-state index contributed by atoms with van der Waals surface area (Å²) < 4.78 is 0. The molecule has 0 radical (unpaired) electrons. The number of hydrogen-bond acceptors (Lipinski definition) is 4. The summed E-state index contributed by atoms with van der Waals surface area (Å²) >= 11 is 4.90. The Morgan fingerprint density at radius 2 is 2.25 bits per heavy atom. The lowest BCUT2D eigenvalue weighted by molar-refractivity contribution is 0.609. The molecule has 1 rings (SSSR count). The van der Waals surface area contributed by atoms with Gasteiger partial charge in [0.25, 0.3) is 0 Å². The van der Waals surface area contributed by atoms with Gasteiger partial charge in [-0.1, -0.05) is 26.1 Å². The zero-order chi connectivity index (χ0) is 12.1. The van der Waals surface area contributed by atoms with Crippen LogP contribution >= 0.6 is 12.2 Å². The van der Waals surface area contributed by atoms with Crippen LogP contribution in [0.2, 0.25) is 0 Å². The first kappa shape index (κ1) is 12.8. The molecule has 0 saturated carbocycles. The predicted molar refractivity (Wildman–Crippen MR) is 70.6 cm³/mol. The van der Waals surface area contributed by atoms with Crippen LogP contribution in [0.3, 0.4) is 0 Å². The van der Waals surface area contributed by atoms with Gasteiger partial charge >= 0.3 is 0 Å². The van der Waals surface area contributed by atoms with Crippen molar-refractivity contribution in [1.82, 2.24) is 9.97 Å². The molecule has 0 spiro atoms. The summed E-state index contributed by atoms with van der Waals surface area (Å²) in [6.45, 7) is 8.22. The third kappa shape index (κ3) is 3.41. The lowest BCUT2D eigenvalue weighted by atomic mass is 10.2. The largest absolute Gasteiger partial charge is 0.388 e. The van der Waals surface area contributed by atoms with Crippen LogP contribution in [0.4, 0.5) is 5.95 Å². The molecule has 0 aliphatic carbocycles. The molecular formula is C11H18N4S. The third-order valence-electron chi connectivity index (χ3n) is 2.15. The highest BCUT2D eigenvalue weighted by atomic mass is 32.1. The molecule has 2 N–H and O–H groups in total. The van der Waals surface area contributed by atoms with Crippen molar-refractivity contribution in [2.24, 2.45) is 11.7 Å². The normalized spacial score (nSPS) is 10.5. The van der Waals surface area contributed by atoms with Crippen molar-refractivity contribution in [1.29, 1.82) is 0 Å². The van der Waals surface area contributed by atoms with Crippen molar-refractivity contribution >= 4 is 23.2 Å². The highest BCUT2D eigenvalue weighted by Gasteiger charge is 2.10. The van der Waals surface area contributed by atoms with Crippen molar-refractivity contribution in [2.45, 2.75) is 20.8 Å². The second-order valence-electron chi connectivity index (χ2n) is 4.04. The van der Waals surface area contributed by atoms with E-state index < -0.39 is 0 Å². The summed E-state index contributed by atoms with van der Waals surface area (Å²) in [5.41, 5.74) is 6.18. The Hall–Kier alpha value is -1.23. The van der Waals surface area contributed by atoms with E-state index in [-0.39, 0.29) is 0 Å². The van der Waals surface area contributed by atoms with E-state index in [0.717, 1.165) is 13.1 Å². The summed E-state index contributed by atoms with van der Waals surface area (Å²) in [5.74, 6) is 1.26. The van der Waals surface area contributed by atoms with E-state index in [2.05, 4.69) is 35.6 Å². The predicted octanol–water partition coefficient (Wildman–Crippen LogP) is 1.59. The summed E-state index contributed by atoms with van der Waals surface area (Å²) in [5, 5.41) is 0. The van der Waals surface area contributed by atoms with Crippen molar-refractivity contribution in [3.8, 4) is 0 Å². The molecular weight excluding hydrogens is 220 g/mol. The molecule has 0 saturated heterocycles. The molecule has 0 aromatic carbocycles. The Balaban J connectivity index is 2.92. The smallest absolute Gasteiger partial charge is 0.225 e. The minimum absolute atomic E-state index is 0.309. The molecule has 0 aliphatic heterocycles. The summed E-state index contributed by atoms with van der Waals surface area (Å²) in [6, 6.07) is 1.73. The van der Waals surface area contributed by atoms with Crippen LogP contribution in [0.15, 0.2) is 12.3 Å². The average Bonchev–Trinajstić information content (AvgIpc) is 2.25. The Labute approximate surface area is 102 Å². The first-order valence-electron chi connectivity index (χ1n) is 5.42. The monoisotopic (exact) mass is 238 g/mol. The molecule has 1 aromatic heterocycles. The van der Waals surface area contributed by atoms with E-state index in [1.165, 1.54) is 0 Å². The molecule has 0 bridgehead atoms. The summed E-state index contributed by atoms with van der Waals surface area (Å²) in [6.07, 6.45) is 1.69. The van der Waals surface area contributed by atoms with Gasteiger partial charge in [0.1, 0.15) is 10.7 Å². The Kier molecular flexibility index (Phi) is 4.61. The molecule has 0 aliphatic rings. The molecule has 16 heavy (non-hydrogen) atoms. The van der Waals surface area contributed by atoms with Gasteiger partial charge in [-0.05, 0) is 18.9 Å². The molecule has 0 fully saturated rings. The van der Waals surface area contributed by atoms with Gasteiger partial charge in [0.2, 0.25) is 5.95 Å². The van der Waals surface area contributed by atoms with Crippen LogP contribution in [0, 0.1) is 5.92 Å². The summed E-state index contributed by atoms with van der Waals surface area (Å²) in [4.78, 5) is 11.0. The van der Waals surface area contributed by atoms with Gasteiger partial charge < -0.3 is 10.6 Å².